The summed E-state index contributed by atoms with van der Waals surface area (Å²) in [5.74, 6) is 2.29. The molecule has 178 valence electrons. The second kappa shape index (κ2) is 10.4. The van der Waals surface area contributed by atoms with E-state index in [-0.39, 0.29) is 23.1 Å². The first kappa shape index (κ1) is 23.3. The van der Waals surface area contributed by atoms with Gasteiger partial charge in [0.15, 0.2) is 23.0 Å². The van der Waals surface area contributed by atoms with Crippen molar-refractivity contribution < 1.29 is 36.7 Å². The van der Waals surface area contributed by atoms with E-state index in [2.05, 4.69) is 25.1 Å². The minimum absolute atomic E-state index is 0.0952. The van der Waals surface area contributed by atoms with Crippen LogP contribution in [0.3, 0.4) is 0 Å². The number of benzene rings is 2. The normalized spacial score (nSPS) is 11.0. The number of nitrogens with zero attached hydrogens (tertiary/aromatic N) is 4. The molecule has 0 unspecified atom stereocenters. The summed E-state index contributed by atoms with van der Waals surface area (Å²) in [5.41, 5.74) is 1.18. The van der Waals surface area contributed by atoms with Crippen LogP contribution in [0.2, 0.25) is 0 Å². The average Bonchev–Trinajstić information content (AvgIpc) is 3.52. The SMILES string of the molecule is COc1ccc(-c2nnc(SCc3nc(-c4ccc(OC(F)F)c(OC)c4)no3)o2)cc1OC. The largest absolute Gasteiger partial charge is 0.493 e. The summed E-state index contributed by atoms with van der Waals surface area (Å²) in [6.07, 6.45) is 0. The summed E-state index contributed by atoms with van der Waals surface area (Å²) in [5, 5.41) is 12.3. The molecule has 0 amide bonds. The van der Waals surface area contributed by atoms with Crippen molar-refractivity contribution in [2.45, 2.75) is 17.6 Å². The van der Waals surface area contributed by atoms with Crippen molar-refractivity contribution >= 4 is 11.8 Å². The van der Waals surface area contributed by atoms with Crippen molar-refractivity contribution in [3.05, 3.63) is 42.3 Å². The third-order valence-electron chi connectivity index (χ3n) is 4.46. The molecule has 2 heterocycles. The van der Waals surface area contributed by atoms with Crippen molar-refractivity contribution in [1.82, 2.24) is 20.3 Å². The topological polar surface area (TPSA) is 115 Å². The Morgan fingerprint density at radius 2 is 1.56 bits per heavy atom. The number of rotatable bonds is 10. The monoisotopic (exact) mass is 492 g/mol. The van der Waals surface area contributed by atoms with Crippen molar-refractivity contribution in [3.8, 4) is 45.8 Å². The molecule has 0 atom stereocenters. The van der Waals surface area contributed by atoms with Crippen LogP contribution in [0.5, 0.6) is 23.0 Å². The summed E-state index contributed by atoms with van der Waals surface area (Å²) < 4.78 is 56.0. The fourth-order valence-electron chi connectivity index (χ4n) is 2.91. The molecule has 0 aliphatic rings. The number of hydrogen-bond acceptors (Lipinski definition) is 11. The molecule has 0 saturated heterocycles. The lowest BCUT2D eigenvalue weighted by molar-refractivity contribution is -0.0512. The molecule has 0 radical (unpaired) electrons. The molecule has 0 spiro atoms. The molecule has 0 bridgehead atoms. The summed E-state index contributed by atoms with van der Waals surface area (Å²) in [7, 11) is 4.43. The van der Waals surface area contributed by atoms with Crippen LogP contribution >= 0.6 is 11.8 Å². The summed E-state index contributed by atoms with van der Waals surface area (Å²) >= 11 is 1.21. The second-order valence-corrected chi connectivity index (χ2v) is 7.41. The molecule has 0 aliphatic heterocycles. The van der Waals surface area contributed by atoms with E-state index in [9.17, 15) is 8.78 Å². The number of alkyl halides is 2. The van der Waals surface area contributed by atoms with Crippen molar-refractivity contribution in [2.75, 3.05) is 21.3 Å². The third kappa shape index (κ3) is 5.20. The first-order valence-electron chi connectivity index (χ1n) is 9.65. The fraction of sp³-hybridized carbons (Fsp3) is 0.238. The van der Waals surface area contributed by atoms with Gasteiger partial charge in [-0.25, -0.2) is 0 Å². The Bertz CT molecular complexity index is 1270. The van der Waals surface area contributed by atoms with Gasteiger partial charge in [0.25, 0.3) is 5.22 Å². The zero-order valence-corrected chi connectivity index (χ0v) is 19.0. The number of thioether (sulfide) groups is 1. The minimum Gasteiger partial charge on any atom is -0.493 e. The molecule has 2 aromatic heterocycles. The lowest BCUT2D eigenvalue weighted by atomic mass is 10.2. The molecule has 13 heteroatoms. The van der Waals surface area contributed by atoms with Crippen LogP contribution in [0.15, 0.2) is 50.6 Å². The van der Waals surface area contributed by atoms with Crippen LogP contribution in [-0.4, -0.2) is 48.3 Å². The average molecular weight is 492 g/mol. The first-order chi connectivity index (χ1) is 16.5. The van der Waals surface area contributed by atoms with E-state index < -0.39 is 6.61 Å². The molecule has 0 N–H and O–H groups in total. The highest BCUT2D eigenvalue weighted by molar-refractivity contribution is 7.98. The van der Waals surface area contributed by atoms with Gasteiger partial charge in [-0.1, -0.05) is 16.9 Å². The van der Waals surface area contributed by atoms with Crippen molar-refractivity contribution in [1.29, 1.82) is 0 Å². The second-order valence-electron chi connectivity index (χ2n) is 6.49. The van der Waals surface area contributed by atoms with E-state index >= 15 is 0 Å². The van der Waals surface area contributed by atoms with Gasteiger partial charge in [-0.2, -0.15) is 13.8 Å². The van der Waals surface area contributed by atoms with E-state index in [1.807, 2.05) is 0 Å². The molecule has 0 fully saturated rings. The van der Waals surface area contributed by atoms with Gasteiger partial charge in [-0.05, 0) is 36.4 Å². The van der Waals surface area contributed by atoms with Crippen LogP contribution in [-0.2, 0) is 5.75 Å². The van der Waals surface area contributed by atoms with Crippen LogP contribution in [0.25, 0.3) is 22.8 Å². The summed E-state index contributed by atoms with van der Waals surface area (Å²) in [6.45, 7) is -2.97. The number of ether oxygens (including phenoxy) is 4. The van der Waals surface area contributed by atoms with Gasteiger partial charge in [0, 0.05) is 11.1 Å². The number of methoxy groups -OCH3 is 3. The number of hydrogen-bond donors (Lipinski definition) is 0. The standard InChI is InChI=1S/C21H18F2N4O6S/c1-28-13-6-5-12(9-15(13)29-2)19-25-26-21(32-19)34-10-17-24-18(27-33-17)11-4-7-14(31-20(22)23)16(8-11)30-3/h4-9,20H,10H2,1-3H3. The van der Waals surface area contributed by atoms with Crippen molar-refractivity contribution in [2.24, 2.45) is 0 Å². The molecule has 0 aliphatic carbocycles. The smallest absolute Gasteiger partial charge is 0.387 e. The van der Waals surface area contributed by atoms with E-state index in [1.54, 1.807) is 25.3 Å². The van der Waals surface area contributed by atoms with E-state index in [4.69, 9.17) is 23.2 Å². The van der Waals surface area contributed by atoms with Gasteiger partial charge in [0.1, 0.15) is 0 Å². The summed E-state index contributed by atoms with van der Waals surface area (Å²) in [4.78, 5) is 4.30. The van der Waals surface area contributed by atoms with Crippen LogP contribution in [0, 0.1) is 0 Å². The molecular formula is C21H18F2N4O6S. The molecule has 0 saturated carbocycles. The Hall–Kier alpha value is -3.87. The zero-order chi connectivity index (χ0) is 24.1. The Labute approximate surface area is 196 Å². The van der Waals surface area contributed by atoms with Crippen LogP contribution < -0.4 is 18.9 Å². The fourth-order valence-corrected chi connectivity index (χ4v) is 3.51. The van der Waals surface area contributed by atoms with Gasteiger partial charge in [0.2, 0.25) is 17.6 Å². The molecule has 10 nitrogen and oxygen atoms in total. The number of halogens is 2. The van der Waals surface area contributed by atoms with Crippen LogP contribution in [0.1, 0.15) is 5.89 Å². The Kier molecular flexibility index (Phi) is 7.11. The third-order valence-corrected chi connectivity index (χ3v) is 5.27. The molecule has 4 rings (SSSR count). The molecule has 2 aromatic carbocycles. The van der Waals surface area contributed by atoms with E-state index in [0.29, 0.717) is 39.6 Å². The maximum absolute atomic E-state index is 12.5. The van der Waals surface area contributed by atoms with Gasteiger partial charge in [-0.3, -0.25) is 0 Å². The Morgan fingerprint density at radius 1 is 0.882 bits per heavy atom. The van der Waals surface area contributed by atoms with E-state index in [0.717, 1.165) is 0 Å². The lowest BCUT2D eigenvalue weighted by Gasteiger charge is -2.10. The maximum atomic E-state index is 12.5. The molecular weight excluding hydrogens is 474 g/mol. The Morgan fingerprint density at radius 3 is 2.29 bits per heavy atom. The van der Waals surface area contributed by atoms with E-state index in [1.165, 1.54) is 44.2 Å². The van der Waals surface area contributed by atoms with Crippen LogP contribution in [0.4, 0.5) is 8.78 Å². The Balaban J connectivity index is 1.43. The molecule has 4 aromatic rings. The minimum atomic E-state index is -2.97. The van der Waals surface area contributed by atoms with Gasteiger partial charge in [-0.15, -0.1) is 10.2 Å². The highest BCUT2D eigenvalue weighted by Gasteiger charge is 2.17. The predicted molar refractivity (Wildman–Crippen MR) is 115 cm³/mol. The lowest BCUT2D eigenvalue weighted by Crippen LogP contribution is -2.03. The van der Waals surface area contributed by atoms with Gasteiger partial charge < -0.3 is 27.9 Å². The van der Waals surface area contributed by atoms with Gasteiger partial charge >= 0.3 is 6.61 Å². The predicted octanol–water partition coefficient (Wildman–Crippen LogP) is 4.71. The highest BCUT2D eigenvalue weighted by atomic mass is 32.2. The quantitative estimate of drug-likeness (QED) is 0.287. The first-order valence-corrected chi connectivity index (χ1v) is 10.6. The van der Waals surface area contributed by atoms with Crippen molar-refractivity contribution in [3.63, 3.8) is 0 Å². The zero-order valence-electron chi connectivity index (χ0n) is 18.2. The summed E-state index contributed by atoms with van der Waals surface area (Å²) in [6, 6.07) is 9.60. The highest BCUT2D eigenvalue weighted by Crippen LogP contribution is 2.34. The molecule has 34 heavy (non-hydrogen) atoms. The van der Waals surface area contributed by atoms with Gasteiger partial charge in [0.05, 0.1) is 27.1 Å². The number of aromatic nitrogens is 4. The maximum Gasteiger partial charge on any atom is 0.387 e.